The van der Waals surface area contributed by atoms with Crippen LogP contribution in [0.3, 0.4) is 0 Å². The van der Waals surface area contributed by atoms with E-state index in [2.05, 4.69) is 15.4 Å². The van der Waals surface area contributed by atoms with Gasteiger partial charge in [-0.15, -0.1) is 12.4 Å². The minimum absolute atomic E-state index is 0. The first-order valence-electron chi connectivity index (χ1n) is 8.06. The summed E-state index contributed by atoms with van der Waals surface area (Å²) in [4.78, 5) is 16.9. The van der Waals surface area contributed by atoms with Gasteiger partial charge in [-0.1, -0.05) is 37.3 Å². The molecule has 0 radical (unpaired) electrons. The lowest BCUT2D eigenvalue weighted by molar-refractivity contribution is -0.126. The fourth-order valence-corrected chi connectivity index (χ4v) is 3.01. The molecule has 0 saturated heterocycles. The molecule has 1 amide bonds. The van der Waals surface area contributed by atoms with Crippen LogP contribution in [0.4, 0.5) is 0 Å². The van der Waals surface area contributed by atoms with Crippen LogP contribution in [0.25, 0.3) is 0 Å². The van der Waals surface area contributed by atoms with Gasteiger partial charge in [-0.2, -0.15) is 5.10 Å². The van der Waals surface area contributed by atoms with Crippen LogP contribution < -0.4 is 11.1 Å². The van der Waals surface area contributed by atoms with Crippen molar-refractivity contribution in [3.63, 3.8) is 0 Å². The van der Waals surface area contributed by atoms with E-state index in [0.717, 1.165) is 30.1 Å². The van der Waals surface area contributed by atoms with Crippen LogP contribution in [0.2, 0.25) is 0 Å². The zero-order valence-corrected chi connectivity index (χ0v) is 14.8. The van der Waals surface area contributed by atoms with E-state index in [1.807, 2.05) is 48.9 Å². The number of nitrogens with one attached hydrogen (secondary N) is 1. The minimum atomic E-state index is -0.302. The van der Waals surface area contributed by atoms with E-state index in [9.17, 15) is 4.79 Å². The molecule has 3 unspecified atom stereocenters. The summed E-state index contributed by atoms with van der Waals surface area (Å²) in [5.74, 6) is 1.50. The number of halogens is 1. The van der Waals surface area contributed by atoms with Crippen LogP contribution in [0.5, 0.6) is 0 Å². The molecule has 0 aliphatic carbocycles. The minimum Gasteiger partial charge on any atom is -0.351 e. The fraction of sp³-hybridized carbons (Fsp3) is 0.471. The van der Waals surface area contributed by atoms with E-state index in [1.165, 1.54) is 0 Å². The van der Waals surface area contributed by atoms with Crippen molar-refractivity contribution in [2.75, 3.05) is 0 Å². The second-order valence-electron chi connectivity index (χ2n) is 6.23. The standard InChI is InChI=1S/C17H23N5O.ClH/c1-11(16(18)13-6-4-3-5-7-13)17(23)20-14-8-9-15-19-12(2)21-22(15)10-14;/h3-7,11,14,16H,8-10,18H2,1-2H3,(H,20,23);1H. The van der Waals surface area contributed by atoms with Crippen molar-refractivity contribution in [2.24, 2.45) is 11.7 Å². The van der Waals surface area contributed by atoms with Crippen LogP contribution in [0.15, 0.2) is 30.3 Å². The molecule has 3 atom stereocenters. The largest absolute Gasteiger partial charge is 0.351 e. The summed E-state index contributed by atoms with van der Waals surface area (Å²) >= 11 is 0. The predicted octanol–water partition coefficient (Wildman–Crippen LogP) is 1.78. The molecular formula is C17H24ClN5O. The van der Waals surface area contributed by atoms with Gasteiger partial charge in [-0.25, -0.2) is 9.67 Å². The maximum Gasteiger partial charge on any atom is 0.225 e. The summed E-state index contributed by atoms with van der Waals surface area (Å²) in [7, 11) is 0. The van der Waals surface area contributed by atoms with E-state index in [-0.39, 0.29) is 36.3 Å². The summed E-state index contributed by atoms with van der Waals surface area (Å²) in [5, 5.41) is 7.48. The molecule has 1 aliphatic rings. The summed E-state index contributed by atoms with van der Waals surface area (Å²) < 4.78 is 1.89. The van der Waals surface area contributed by atoms with Gasteiger partial charge in [0.1, 0.15) is 11.6 Å². The highest BCUT2D eigenvalue weighted by molar-refractivity contribution is 5.85. The quantitative estimate of drug-likeness (QED) is 0.880. The number of aromatic nitrogens is 3. The molecule has 0 bridgehead atoms. The zero-order valence-electron chi connectivity index (χ0n) is 14.0. The smallest absolute Gasteiger partial charge is 0.225 e. The van der Waals surface area contributed by atoms with Gasteiger partial charge >= 0.3 is 0 Å². The Balaban J connectivity index is 0.00000208. The van der Waals surface area contributed by atoms with Crippen molar-refractivity contribution in [3.05, 3.63) is 47.5 Å². The van der Waals surface area contributed by atoms with Crippen LogP contribution in [0.1, 0.15) is 36.6 Å². The number of benzene rings is 1. The number of fused-ring (bicyclic) bond motifs is 1. The highest BCUT2D eigenvalue weighted by Crippen LogP contribution is 2.20. The van der Waals surface area contributed by atoms with Gasteiger partial charge in [-0.3, -0.25) is 4.79 Å². The Hall–Kier alpha value is -1.92. The number of carbonyl (C=O) groups excluding carboxylic acids is 1. The third-order valence-corrected chi connectivity index (χ3v) is 4.45. The first-order valence-corrected chi connectivity index (χ1v) is 8.06. The van der Waals surface area contributed by atoms with Gasteiger partial charge in [0, 0.05) is 18.5 Å². The molecule has 6 nitrogen and oxygen atoms in total. The average molecular weight is 350 g/mol. The SMILES string of the molecule is Cc1nc2n(n1)CC(NC(=O)C(C)C(N)c1ccccc1)CC2.Cl. The van der Waals surface area contributed by atoms with Crippen molar-refractivity contribution < 1.29 is 4.79 Å². The third-order valence-electron chi connectivity index (χ3n) is 4.45. The highest BCUT2D eigenvalue weighted by Gasteiger charge is 2.27. The molecule has 0 spiro atoms. The molecule has 0 saturated carbocycles. The number of nitrogens with zero attached hydrogens (tertiary/aromatic N) is 3. The van der Waals surface area contributed by atoms with Crippen molar-refractivity contribution in [3.8, 4) is 0 Å². The predicted molar refractivity (Wildman–Crippen MR) is 94.8 cm³/mol. The van der Waals surface area contributed by atoms with Crippen molar-refractivity contribution in [1.82, 2.24) is 20.1 Å². The lowest BCUT2D eigenvalue weighted by Gasteiger charge is -2.26. The summed E-state index contributed by atoms with van der Waals surface area (Å²) in [6.07, 6.45) is 1.72. The fourth-order valence-electron chi connectivity index (χ4n) is 3.01. The number of amides is 1. The molecule has 3 N–H and O–H groups in total. The first kappa shape index (κ1) is 18.4. The Morgan fingerprint density at radius 1 is 1.38 bits per heavy atom. The Labute approximate surface area is 148 Å². The summed E-state index contributed by atoms with van der Waals surface area (Å²) in [6.45, 7) is 4.44. The lowest BCUT2D eigenvalue weighted by atomic mass is 9.94. The van der Waals surface area contributed by atoms with E-state index in [0.29, 0.717) is 6.54 Å². The van der Waals surface area contributed by atoms with Gasteiger partial charge in [0.15, 0.2) is 0 Å². The normalized spacial score (nSPS) is 18.9. The van der Waals surface area contributed by atoms with Gasteiger partial charge in [-0.05, 0) is 18.9 Å². The van der Waals surface area contributed by atoms with Gasteiger partial charge in [0.05, 0.1) is 12.5 Å². The van der Waals surface area contributed by atoms with Crippen molar-refractivity contribution in [1.29, 1.82) is 0 Å². The van der Waals surface area contributed by atoms with Crippen molar-refractivity contribution >= 4 is 18.3 Å². The van der Waals surface area contributed by atoms with Gasteiger partial charge < -0.3 is 11.1 Å². The van der Waals surface area contributed by atoms with Gasteiger partial charge in [0.2, 0.25) is 5.91 Å². The molecule has 7 heteroatoms. The highest BCUT2D eigenvalue weighted by atomic mass is 35.5. The Morgan fingerprint density at radius 3 is 2.79 bits per heavy atom. The monoisotopic (exact) mass is 349 g/mol. The number of hydrogen-bond acceptors (Lipinski definition) is 4. The number of carbonyl (C=O) groups is 1. The van der Waals surface area contributed by atoms with E-state index >= 15 is 0 Å². The topological polar surface area (TPSA) is 85.8 Å². The van der Waals surface area contributed by atoms with Crippen LogP contribution in [0, 0.1) is 12.8 Å². The molecule has 1 aliphatic heterocycles. The second-order valence-corrected chi connectivity index (χ2v) is 6.23. The Morgan fingerprint density at radius 2 is 2.08 bits per heavy atom. The molecule has 0 fully saturated rings. The van der Waals surface area contributed by atoms with E-state index < -0.39 is 0 Å². The molecule has 2 heterocycles. The Kier molecular flexibility index (Phi) is 5.96. The number of aryl methyl sites for hydroxylation is 2. The molecule has 1 aromatic carbocycles. The van der Waals surface area contributed by atoms with Crippen LogP contribution >= 0.6 is 12.4 Å². The van der Waals surface area contributed by atoms with Gasteiger partial charge in [0.25, 0.3) is 0 Å². The molecule has 2 aromatic rings. The maximum atomic E-state index is 12.5. The molecular weight excluding hydrogens is 326 g/mol. The molecule has 3 rings (SSSR count). The molecule has 1 aromatic heterocycles. The lowest BCUT2D eigenvalue weighted by Crippen LogP contribution is -2.45. The Bertz CT molecular complexity index is 688. The number of rotatable bonds is 4. The second kappa shape index (κ2) is 7.77. The van der Waals surface area contributed by atoms with E-state index in [1.54, 1.807) is 0 Å². The third kappa shape index (κ3) is 3.94. The number of nitrogens with two attached hydrogens (primary N) is 1. The maximum absolute atomic E-state index is 12.5. The van der Waals surface area contributed by atoms with Crippen LogP contribution in [-0.4, -0.2) is 26.7 Å². The number of hydrogen-bond donors (Lipinski definition) is 2. The molecule has 130 valence electrons. The summed E-state index contributed by atoms with van der Waals surface area (Å²) in [6, 6.07) is 9.52. The van der Waals surface area contributed by atoms with Crippen LogP contribution in [-0.2, 0) is 17.8 Å². The molecule has 24 heavy (non-hydrogen) atoms. The van der Waals surface area contributed by atoms with Crippen molar-refractivity contribution in [2.45, 2.75) is 45.3 Å². The average Bonchev–Trinajstić information content (AvgIpc) is 2.93. The zero-order chi connectivity index (χ0) is 16.4. The summed E-state index contributed by atoms with van der Waals surface area (Å²) in [5.41, 5.74) is 7.22. The first-order chi connectivity index (χ1) is 11.0. The van der Waals surface area contributed by atoms with E-state index in [4.69, 9.17) is 5.73 Å².